The third-order valence-corrected chi connectivity index (χ3v) is 2.66. The molecule has 0 amide bonds. The van der Waals surface area contributed by atoms with Crippen LogP contribution in [-0.4, -0.2) is 34.6 Å². The fourth-order valence-corrected chi connectivity index (χ4v) is 1.78. The zero-order valence-corrected chi connectivity index (χ0v) is 8.29. The van der Waals surface area contributed by atoms with Crippen molar-refractivity contribution in [2.45, 2.75) is 32.2 Å². The third-order valence-electron chi connectivity index (χ3n) is 2.66. The molecule has 1 rings (SSSR count). The lowest BCUT2D eigenvalue weighted by molar-refractivity contribution is -0.131. The first-order valence-electron chi connectivity index (χ1n) is 4.67. The number of carboxylic acids is 1. The molecule has 1 saturated heterocycles. The molecular formula is C10H17NO2. The molecule has 0 bridgehead atoms. The van der Waals surface area contributed by atoms with Crippen LogP contribution in [0.5, 0.6) is 0 Å². The van der Waals surface area contributed by atoms with Crippen LogP contribution in [0.2, 0.25) is 0 Å². The van der Waals surface area contributed by atoms with Gasteiger partial charge in [0.05, 0.1) is 0 Å². The average molecular weight is 183 g/mol. The summed E-state index contributed by atoms with van der Waals surface area (Å²) in [6.45, 7) is 6.24. The van der Waals surface area contributed by atoms with E-state index in [1.54, 1.807) is 6.08 Å². The van der Waals surface area contributed by atoms with Gasteiger partial charge in [-0.15, -0.1) is 0 Å². The quantitative estimate of drug-likeness (QED) is 0.674. The first-order chi connectivity index (χ1) is 6.02. The highest BCUT2D eigenvalue weighted by Gasteiger charge is 2.30. The lowest BCUT2D eigenvalue weighted by Gasteiger charge is -2.30. The summed E-state index contributed by atoms with van der Waals surface area (Å²) in [5.41, 5.74) is 0.239. The van der Waals surface area contributed by atoms with Crippen molar-refractivity contribution in [2.24, 2.45) is 0 Å². The number of carbonyl (C=O) groups is 1. The van der Waals surface area contributed by atoms with Gasteiger partial charge in [0.1, 0.15) is 0 Å². The Balaban J connectivity index is 2.41. The summed E-state index contributed by atoms with van der Waals surface area (Å²) in [6.07, 6.45) is 5.35. The van der Waals surface area contributed by atoms with E-state index in [1.165, 1.54) is 18.9 Å². The van der Waals surface area contributed by atoms with Gasteiger partial charge in [-0.3, -0.25) is 4.90 Å². The molecule has 0 aromatic rings. The zero-order chi connectivity index (χ0) is 9.90. The molecule has 3 nitrogen and oxygen atoms in total. The van der Waals surface area contributed by atoms with Crippen molar-refractivity contribution < 1.29 is 9.90 Å². The fourth-order valence-electron chi connectivity index (χ4n) is 1.78. The molecule has 0 saturated carbocycles. The SMILES string of the molecule is CC1(C)CCCN1C/C=C/C(=O)O. The molecule has 0 aromatic carbocycles. The number of hydrogen-bond acceptors (Lipinski definition) is 2. The van der Waals surface area contributed by atoms with Crippen molar-refractivity contribution in [3.8, 4) is 0 Å². The second-order valence-electron chi connectivity index (χ2n) is 4.10. The van der Waals surface area contributed by atoms with E-state index in [4.69, 9.17) is 5.11 Å². The number of aliphatic carboxylic acids is 1. The molecule has 1 heterocycles. The minimum Gasteiger partial charge on any atom is -0.478 e. The number of likely N-dealkylation sites (tertiary alicyclic amines) is 1. The molecule has 1 fully saturated rings. The van der Waals surface area contributed by atoms with E-state index in [-0.39, 0.29) is 5.54 Å². The van der Waals surface area contributed by atoms with E-state index >= 15 is 0 Å². The molecule has 1 aliphatic heterocycles. The van der Waals surface area contributed by atoms with E-state index in [1.807, 2.05) is 0 Å². The van der Waals surface area contributed by atoms with Crippen LogP contribution < -0.4 is 0 Å². The number of nitrogens with zero attached hydrogens (tertiary/aromatic N) is 1. The van der Waals surface area contributed by atoms with Crippen molar-refractivity contribution in [3.05, 3.63) is 12.2 Å². The molecule has 0 radical (unpaired) electrons. The molecule has 0 aliphatic carbocycles. The van der Waals surface area contributed by atoms with Crippen molar-refractivity contribution in [3.63, 3.8) is 0 Å². The molecule has 1 N–H and O–H groups in total. The minimum atomic E-state index is -0.864. The van der Waals surface area contributed by atoms with Crippen molar-refractivity contribution in [2.75, 3.05) is 13.1 Å². The van der Waals surface area contributed by atoms with Gasteiger partial charge in [-0.2, -0.15) is 0 Å². The smallest absolute Gasteiger partial charge is 0.328 e. The lowest BCUT2D eigenvalue weighted by atomic mass is 10.0. The van der Waals surface area contributed by atoms with Crippen molar-refractivity contribution >= 4 is 5.97 Å². The second kappa shape index (κ2) is 3.92. The van der Waals surface area contributed by atoms with E-state index < -0.39 is 5.97 Å². The maximum atomic E-state index is 10.2. The van der Waals surface area contributed by atoms with Gasteiger partial charge in [0.25, 0.3) is 0 Å². The standard InChI is InChI=1S/C10H17NO2/c1-10(2)6-4-8-11(10)7-3-5-9(12)13/h3,5H,4,6-8H2,1-2H3,(H,12,13)/b5-3+. The molecule has 3 heteroatoms. The van der Waals surface area contributed by atoms with Crippen molar-refractivity contribution in [1.82, 2.24) is 4.90 Å². The molecule has 13 heavy (non-hydrogen) atoms. The summed E-state index contributed by atoms with van der Waals surface area (Å²) in [5, 5.41) is 8.41. The van der Waals surface area contributed by atoms with Crippen LogP contribution in [-0.2, 0) is 4.79 Å². The van der Waals surface area contributed by atoms with Crippen LogP contribution in [0.4, 0.5) is 0 Å². The maximum Gasteiger partial charge on any atom is 0.328 e. The Kier molecular flexibility index (Phi) is 3.09. The van der Waals surface area contributed by atoms with Gasteiger partial charge in [-0.25, -0.2) is 4.79 Å². The van der Waals surface area contributed by atoms with Crippen LogP contribution in [0, 0.1) is 0 Å². The molecule has 0 aromatic heterocycles. The lowest BCUT2D eigenvalue weighted by Crippen LogP contribution is -2.38. The Labute approximate surface area is 79.0 Å². The summed E-state index contributed by atoms with van der Waals surface area (Å²) >= 11 is 0. The topological polar surface area (TPSA) is 40.5 Å². The first-order valence-corrected chi connectivity index (χ1v) is 4.67. The van der Waals surface area contributed by atoms with Gasteiger partial charge in [0.15, 0.2) is 0 Å². The van der Waals surface area contributed by atoms with Gasteiger partial charge < -0.3 is 5.11 Å². The molecule has 0 spiro atoms. The van der Waals surface area contributed by atoms with Gasteiger partial charge in [-0.1, -0.05) is 6.08 Å². The summed E-state index contributed by atoms with van der Waals surface area (Å²) in [6, 6.07) is 0. The average Bonchev–Trinajstić information content (AvgIpc) is 2.30. The summed E-state index contributed by atoms with van der Waals surface area (Å²) < 4.78 is 0. The van der Waals surface area contributed by atoms with Gasteiger partial charge in [-0.05, 0) is 33.2 Å². The zero-order valence-electron chi connectivity index (χ0n) is 8.29. The third kappa shape index (κ3) is 2.84. The Bertz CT molecular complexity index is 221. The Morgan fingerprint density at radius 2 is 2.31 bits per heavy atom. The maximum absolute atomic E-state index is 10.2. The first kappa shape index (κ1) is 10.3. The molecule has 0 unspecified atom stereocenters. The van der Waals surface area contributed by atoms with E-state index in [9.17, 15) is 4.79 Å². The monoisotopic (exact) mass is 183 g/mol. The van der Waals surface area contributed by atoms with Gasteiger partial charge in [0.2, 0.25) is 0 Å². The summed E-state index contributed by atoms with van der Waals surface area (Å²) in [5.74, 6) is -0.864. The van der Waals surface area contributed by atoms with Crippen LogP contribution in [0.15, 0.2) is 12.2 Å². The molecular weight excluding hydrogens is 166 g/mol. The molecule has 74 valence electrons. The van der Waals surface area contributed by atoms with Crippen LogP contribution in [0.1, 0.15) is 26.7 Å². The normalized spacial score (nSPS) is 22.6. The Hall–Kier alpha value is -0.830. The van der Waals surface area contributed by atoms with Crippen LogP contribution >= 0.6 is 0 Å². The number of carboxylic acid groups (broad SMARTS) is 1. The van der Waals surface area contributed by atoms with Gasteiger partial charge in [0, 0.05) is 18.2 Å². The Morgan fingerprint density at radius 3 is 2.77 bits per heavy atom. The highest BCUT2D eigenvalue weighted by molar-refractivity contribution is 5.79. The Morgan fingerprint density at radius 1 is 1.62 bits per heavy atom. The highest BCUT2D eigenvalue weighted by atomic mass is 16.4. The van der Waals surface area contributed by atoms with Gasteiger partial charge >= 0.3 is 5.97 Å². The van der Waals surface area contributed by atoms with E-state index in [2.05, 4.69) is 18.7 Å². The molecule has 0 atom stereocenters. The highest BCUT2D eigenvalue weighted by Crippen LogP contribution is 2.27. The van der Waals surface area contributed by atoms with Crippen molar-refractivity contribution in [1.29, 1.82) is 0 Å². The minimum absolute atomic E-state index is 0.239. The largest absolute Gasteiger partial charge is 0.478 e. The summed E-state index contributed by atoms with van der Waals surface area (Å²) in [7, 11) is 0. The van der Waals surface area contributed by atoms with Crippen LogP contribution in [0.3, 0.4) is 0 Å². The number of rotatable bonds is 3. The van der Waals surface area contributed by atoms with E-state index in [0.717, 1.165) is 13.1 Å². The fraction of sp³-hybridized carbons (Fsp3) is 0.700. The van der Waals surface area contributed by atoms with Crippen LogP contribution in [0.25, 0.3) is 0 Å². The molecule has 1 aliphatic rings. The van der Waals surface area contributed by atoms with E-state index in [0.29, 0.717) is 0 Å². The second-order valence-corrected chi connectivity index (χ2v) is 4.10. The predicted molar refractivity (Wildman–Crippen MR) is 51.7 cm³/mol. The predicted octanol–water partition coefficient (Wildman–Crippen LogP) is 1.50. The number of hydrogen-bond donors (Lipinski definition) is 1. The summed E-state index contributed by atoms with van der Waals surface area (Å²) in [4.78, 5) is 12.5.